The van der Waals surface area contributed by atoms with Crippen LogP contribution >= 0.6 is 0 Å². The highest BCUT2D eigenvalue weighted by Gasteiger charge is 2.36. The molecule has 34 heavy (non-hydrogen) atoms. The zero-order chi connectivity index (χ0) is 24.0. The maximum atomic E-state index is 13.2. The lowest BCUT2D eigenvalue weighted by Gasteiger charge is -2.25. The molecule has 2 unspecified atom stereocenters. The Morgan fingerprint density at radius 2 is 2.03 bits per heavy atom. The first-order chi connectivity index (χ1) is 16.2. The number of halogens is 3. The molecule has 2 atom stereocenters. The Bertz CT molecular complexity index is 1180. The lowest BCUT2D eigenvalue weighted by Crippen LogP contribution is -2.36. The minimum Gasteiger partial charge on any atom is -0.366 e. The summed E-state index contributed by atoms with van der Waals surface area (Å²) in [5.41, 5.74) is 1.39. The summed E-state index contributed by atoms with van der Waals surface area (Å²) in [5.74, 6) is 1.40. The Balaban J connectivity index is 1.16. The van der Waals surface area contributed by atoms with E-state index in [1.165, 1.54) is 6.07 Å². The highest BCUT2D eigenvalue weighted by molar-refractivity contribution is 5.83. The van der Waals surface area contributed by atoms with E-state index in [2.05, 4.69) is 24.9 Å². The van der Waals surface area contributed by atoms with Crippen molar-refractivity contribution in [2.75, 3.05) is 31.1 Å². The molecular formula is C24H28F3N5O2. The number of carbonyl (C=O) groups excluding carboxylic acids is 1. The molecule has 2 aromatic heterocycles. The number of likely N-dealkylation sites (tertiary alicyclic amines) is 1. The number of aromatic amines is 1. The first-order valence-electron chi connectivity index (χ1n) is 11.7. The van der Waals surface area contributed by atoms with Gasteiger partial charge in [0.2, 0.25) is 0 Å². The third kappa shape index (κ3) is 4.43. The third-order valence-corrected chi connectivity index (χ3v) is 7.06. The maximum absolute atomic E-state index is 13.2. The zero-order valence-corrected chi connectivity index (χ0v) is 19.3. The summed E-state index contributed by atoms with van der Waals surface area (Å²) in [4.78, 5) is 24.5. The molecule has 2 saturated heterocycles. The van der Waals surface area contributed by atoms with Crippen LogP contribution in [0, 0.1) is 19.8 Å². The van der Waals surface area contributed by atoms with Crippen molar-refractivity contribution in [2.24, 2.45) is 5.92 Å². The van der Waals surface area contributed by atoms with Gasteiger partial charge >= 0.3 is 6.18 Å². The van der Waals surface area contributed by atoms with Crippen molar-refractivity contribution in [1.82, 2.24) is 20.0 Å². The lowest BCUT2D eigenvalue weighted by atomic mass is 10.00. The molecule has 0 saturated carbocycles. The molecule has 1 aromatic carbocycles. The second-order valence-electron chi connectivity index (χ2n) is 9.51. The number of Topliss-reactive ketones (excluding diaryl/α,β-unsaturated/α-hetero) is 1. The summed E-state index contributed by atoms with van der Waals surface area (Å²) in [5, 5.41) is 4.06. The highest BCUT2D eigenvalue weighted by Crippen LogP contribution is 2.34. The lowest BCUT2D eigenvalue weighted by molar-refractivity contribution is -0.136. The van der Waals surface area contributed by atoms with Crippen LogP contribution in [0.1, 0.15) is 42.1 Å². The summed E-state index contributed by atoms with van der Waals surface area (Å²) < 4.78 is 45.0. The van der Waals surface area contributed by atoms with Crippen LogP contribution in [0.25, 0.3) is 11.0 Å². The van der Waals surface area contributed by atoms with Gasteiger partial charge in [0.15, 0.2) is 5.76 Å². The number of hydrogen-bond donors (Lipinski definition) is 1. The van der Waals surface area contributed by atoms with E-state index in [1.54, 1.807) is 6.07 Å². The standard InChI is InChI=1S/C24H28F3N5O2/c1-14-23(15(2)34-30-14)32-9-7-17(13-32)31-8-6-16(12-31)10-18(33)11-21-28-20-5-3-4-19(22(20)29-21)24(25,26)27/h3-5,16-17H,6-13H2,1-2H3,(H,28,29). The average molecular weight is 476 g/mol. The molecular weight excluding hydrogens is 447 g/mol. The van der Waals surface area contributed by atoms with Gasteiger partial charge in [0.05, 0.1) is 17.5 Å². The molecule has 1 N–H and O–H groups in total. The molecule has 7 nitrogen and oxygen atoms in total. The normalized spacial score (nSPS) is 21.7. The van der Waals surface area contributed by atoms with Gasteiger partial charge in [-0.2, -0.15) is 13.2 Å². The van der Waals surface area contributed by atoms with Crippen LogP contribution in [0.15, 0.2) is 22.7 Å². The van der Waals surface area contributed by atoms with E-state index in [0.29, 0.717) is 18.0 Å². The van der Waals surface area contributed by atoms with Crippen molar-refractivity contribution in [1.29, 1.82) is 0 Å². The van der Waals surface area contributed by atoms with Crippen LogP contribution in [0.2, 0.25) is 0 Å². The minimum absolute atomic E-state index is 0.00299. The van der Waals surface area contributed by atoms with Gasteiger partial charge in [-0.15, -0.1) is 0 Å². The van der Waals surface area contributed by atoms with Gasteiger partial charge in [0.25, 0.3) is 0 Å². The molecule has 2 fully saturated rings. The molecule has 2 aliphatic rings. The van der Waals surface area contributed by atoms with Crippen LogP contribution in [0.4, 0.5) is 18.9 Å². The number of anilines is 1. The van der Waals surface area contributed by atoms with E-state index < -0.39 is 11.7 Å². The molecule has 0 amide bonds. The SMILES string of the molecule is Cc1noc(C)c1N1CCC(N2CCC(CC(=O)Cc3nc4c(C(F)(F)F)cccc4[nH]3)C2)C1. The number of fused-ring (bicyclic) bond motifs is 1. The van der Waals surface area contributed by atoms with Crippen molar-refractivity contribution in [3.05, 3.63) is 41.0 Å². The monoisotopic (exact) mass is 475 g/mol. The fourth-order valence-corrected chi connectivity index (χ4v) is 5.51. The molecule has 0 bridgehead atoms. The topological polar surface area (TPSA) is 78.3 Å². The van der Waals surface area contributed by atoms with Crippen LogP contribution in [-0.2, 0) is 17.4 Å². The predicted molar refractivity (Wildman–Crippen MR) is 121 cm³/mol. The van der Waals surface area contributed by atoms with Gasteiger partial charge in [0.1, 0.15) is 28.5 Å². The van der Waals surface area contributed by atoms with Crippen LogP contribution in [-0.4, -0.2) is 58.0 Å². The van der Waals surface area contributed by atoms with E-state index >= 15 is 0 Å². The molecule has 5 rings (SSSR count). The minimum atomic E-state index is -4.48. The summed E-state index contributed by atoms with van der Waals surface area (Å²) in [7, 11) is 0. The van der Waals surface area contributed by atoms with Gasteiger partial charge in [-0.05, 0) is 51.3 Å². The number of alkyl halides is 3. The summed E-state index contributed by atoms with van der Waals surface area (Å²) in [6.07, 6.45) is -2.03. The number of carbonyl (C=O) groups is 1. The Morgan fingerprint density at radius 3 is 2.76 bits per heavy atom. The second-order valence-corrected chi connectivity index (χ2v) is 9.51. The number of H-pyrrole nitrogens is 1. The quantitative estimate of drug-likeness (QED) is 0.573. The fourth-order valence-electron chi connectivity index (χ4n) is 5.51. The van der Waals surface area contributed by atoms with Crippen molar-refractivity contribution >= 4 is 22.5 Å². The van der Waals surface area contributed by atoms with Crippen molar-refractivity contribution in [3.8, 4) is 0 Å². The van der Waals surface area contributed by atoms with E-state index in [9.17, 15) is 18.0 Å². The molecule has 0 radical (unpaired) electrons. The average Bonchev–Trinajstić information content (AvgIpc) is 3.53. The van der Waals surface area contributed by atoms with E-state index in [-0.39, 0.29) is 29.5 Å². The fraction of sp³-hybridized carbons (Fsp3) is 0.542. The first kappa shape index (κ1) is 22.9. The summed E-state index contributed by atoms with van der Waals surface area (Å²) in [6.45, 7) is 7.60. The number of hydrogen-bond acceptors (Lipinski definition) is 6. The molecule has 0 aliphatic carbocycles. The largest absolute Gasteiger partial charge is 0.418 e. The first-order valence-corrected chi connectivity index (χ1v) is 11.7. The van der Waals surface area contributed by atoms with Gasteiger partial charge in [0, 0.05) is 32.1 Å². The number of aromatic nitrogens is 3. The number of imidazole rings is 1. The number of aryl methyl sites for hydroxylation is 2. The van der Waals surface area contributed by atoms with Crippen LogP contribution in [0.3, 0.4) is 0 Å². The molecule has 182 valence electrons. The highest BCUT2D eigenvalue weighted by atomic mass is 19.4. The second kappa shape index (κ2) is 8.72. The molecule has 2 aliphatic heterocycles. The zero-order valence-electron chi connectivity index (χ0n) is 19.3. The third-order valence-electron chi connectivity index (χ3n) is 7.06. The van der Waals surface area contributed by atoms with E-state index in [4.69, 9.17) is 4.52 Å². The van der Waals surface area contributed by atoms with Gasteiger partial charge in [-0.3, -0.25) is 9.69 Å². The molecule has 10 heteroatoms. The Labute approximate surface area is 195 Å². The summed E-state index contributed by atoms with van der Waals surface area (Å²) >= 11 is 0. The van der Waals surface area contributed by atoms with Crippen LogP contribution < -0.4 is 4.90 Å². The van der Waals surface area contributed by atoms with Gasteiger partial charge in [-0.1, -0.05) is 11.2 Å². The van der Waals surface area contributed by atoms with Gasteiger partial charge in [-0.25, -0.2) is 4.98 Å². The summed E-state index contributed by atoms with van der Waals surface area (Å²) in [6, 6.07) is 4.34. The number of benzene rings is 1. The number of nitrogens with one attached hydrogen (secondary N) is 1. The maximum Gasteiger partial charge on any atom is 0.418 e. The van der Waals surface area contributed by atoms with Crippen molar-refractivity contribution in [3.63, 3.8) is 0 Å². The molecule has 0 spiro atoms. The number of nitrogens with zero attached hydrogens (tertiary/aromatic N) is 4. The van der Waals surface area contributed by atoms with E-state index in [0.717, 1.165) is 62.2 Å². The number of ketones is 1. The van der Waals surface area contributed by atoms with E-state index in [1.807, 2.05) is 13.8 Å². The number of para-hydroxylation sites is 1. The number of rotatable bonds is 6. The van der Waals surface area contributed by atoms with Crippen molar-refractivity contribution < 1.29 is 22.5 Å². The molecule has 3 aromatic rings. The Kier molecular flexibility index (Phi) is 5.87. The smallest absolute Gasteiger partial charge is 0.366 e. The Hall–Kier alpha value is -2.88. The van der Waals surface area contributed by atoms with Crippen LogP contribution in [0.5, 0.6) is 0 Å². The van der Waals surface area contributed by atoms with Gasteiger partial charge < -0.3 is 14.4 Å². The predicted octanol–water partition coefficient (Wildman–Crippen LogP) is 4.29. The van der Waals surface area contributed by atoms with Crippen molar-refractivity contribution in [2.45, 2.75) is 51.7 Å². The Morgan fingerprint density at radius 1 is 1.21 bits per heavy atom. The molecule has 4 heterocycles.